The Morgan fingerprint density at radius 3 is 2.58 bits per heavy atom. The molecule has 2 N–H and O–H groups in total. The topological polar surface area (TPSA) is 114 Å². The van der Waals surface area contributed by atoms with E-state index in [0.717, 1.165) is 22.7 Å². The highest BCUT2D eigenvalue weighted by molar-refractivity contribution is 7.87. The molecule has 13 heteroatoms. The molecular weight excluding hydrogens is 441 g/mol. The van der Waals surface area contributed by atoms with Crippen LogP contribution in [0.1, 0.15) is 34.5 Å². The third-order valence-electron chi connectivity index (χ3n) is 4.84. The minimum Gasteiger partial charge on any atom is -0.431 e. The predicted octanol–water partition coefficient (Wildman–Crippen LogP) is 2.83. The summed E-state index contributed by atoms with van der Waals surface area (Å²) in [5.74, 6) is -1.02. The molecule has 2 heterocycles. The van der Waals surface area contributed by atoms with Crippen molar-refractivity contribution in [3.63, 3.8) is 0 Å². The average Bonchev–Trinajstić information content (AvgIpc) is 3.17. The van der Waals surface area contributed by atoms with Crippen molar-refractivity contribution in [2.45, 2.75) is 32.0 Å². The Labute approximate surface area is 176 Å². The normalized spacial score (nSPS) is 16.3. The maximum Gasteiger partial charge on any atom is 0.416 e. The zero-order valence-electron chi connectivity index (χ0n) is 16.7. The Balaban J connectivity index is 1.68. The second-order valence-corrected chi connectivity index (χ2v) is 8.63. The summed E-state index contributed by atoms with van der Waals surface area (Å²) in [5, 5.41) is 2.57. The summed E-state index contributed by atoms with van der Waals surface area (Å²) >= 11 is 0. The van der Waals surface area contributed by atoms with Gasteiger partial charge in [-0.25, -0.2) is 4.72 Å². The van der Waals surface area contributed by atoms with Crippen LogP contribution in [0.15, 0.2) is 28.9 Å². The van der Waals surface area contributed by atoms with Gasteiger partial charge < -0.3 is 14.5 Å². The van der Waals surface area contributed by atoms with Gasteiger partial charge in [-0.15, -0.1) is 0 Å². The number of hydrogen-bond donors (Lipinski definition) is 2. The summed E-state index contributed by atoms with van der Waals surface area (Å²) in [7, 11) is -2.54. The number of halogens is 3. The first kappa shape index (κ1) is 23.0. The van der Waals surface area contributed by atoms with Crippen LogP contribution in [0.5, 0.6) is 0 Å². The molecule has 1 fully saturated rings. The first-order valence-electron chi connectivity index (χ1n) is 9.25. The molecule has 0 bridgehead atoms. The number of rotatable bonds is 6. The summed E-state index contributed by atoms with van der Waals surface area (Å²) in [4.78, 5) is 16.1. The Morgan fingerprint density at radius 2 is 1.97 bits per heavy atom. The third kappa shape index (κ3) is 5.54. The highest BCUT2D eigenvalue weighted by Crippen LogP contribution is 2.33. The number of nitrogens with one attached hydrogen (secondary N) is 2. The van der Waals surface area contributed by atoms with E-state index in [4.69, 9.17) is 9.15 Å². The van der Waals surface area contributed by atoms with E-state index in [1.165, 1.54) is 6.07 Å². The highest BCUT2D eigenvalue weighted by atomic mass is 32.2. The molecule has 1 saturated heterocycles. The summed E-state index contributed by atoms with van der Waals surface area (Å²) in [6.45, 7) is 1.97. The number of amides is 1. The van der Waals surface area contributed by atoms with Gasteiger partial charge in [-0.1, -0.05) is 6.07 Å². The van der Waals surface area contributed by atoms with E-state index in [1.54, 1.807) is 14.0 Å². The number of carbonyl (C=O) groups excluding carboxylic acids is 1. The molecule has 3 rings (SSSR count). The zero-order valence-corrected chi connectivity index (χ0v) is 17.5. The molecule has 1 aliphatic rings. The molecule has 1 amide bonds. The quantitative estimate of drug-likeness (QED) is 0.679. The van der Waals surface area contributed by atoms with Crippen LogP contribution in [0, 0.1) is 6.92 Å². The SMILES string of the molecule is COC1CCN(S(=O)(=O)NC(=O)c2coc(Nc3cc(C(F)(F)F)ccc3C)n2)CC1. The Hall–Kier alpha value is -2.64. The largest absolute Gasteiger partial charge is 0.431 e. The van der Waals surface area contributed by atoms with Crippen LogP contribution >= 0.6 is 0 Å². The van der Waals surface area contributed by atoms with Gasteiger partial charge in [0.25, 0.3) is 11.9 Å². The van der Waals surface area contributed by atoms with E-state index in [1.807, 2.05) is 4.72 Å². The lowest BCUT2D eigenvalue weighted by molar-refractivity contribution is -0.137. The van der Waals surface area contributed by atoms with Crippen molar-refractivity contribution in [2.75, 3.05) is 25.5 Å². The lowest BCUT2D eigenvalue weighted by atomic mass is 10.1. The van der Waals surface area contributed by atoms with E-state index in [-0.39, 0.29) is 36.6 Å². The smallest absolute Gasteiger partial charge is 0.416 e. The van der Waals surface area contributed by atoms with Gasteiger partial charge in [-0.3, -0.25) is 4.79 Å². The predicted molar refractivity (Wildman–Crippen MR) is 104 cm³/mol. The van der Waals surface area contributed by atoms with Crippen LogP contribution in [-0.4, -0.2) is 49.9 Å². The summed E-state index contributed by atoms with van der Waals surface area (Å²) < 4.78 is 76.9. The van der Waals surface area contributed by atoms with E-state index < -0.39 is 27.9 Å². The van der Waals surface area contributed by atoms with Crippen molar-refractivity contribution in [1.82, 2.24) is 14.0 Å². The van der Waals surface area contributed by atoms with E-state index in [0.29, 0.717) is 18.4 Å². The maximum atomic E-state index is 12.9. The van der Waals surface area contributed by atoms with Crippen LogP contribution in [-0.2, 0) is 21.1 Å². The molecule has 2 aromatic rings. The van der Waals surface area contributed by atoms with Gasteiger partial charge in [0.05, 0.1) is 11.7 Å². The van der Waals surface area contributed by atoms with Crippen molar-refractivity contribution >= 4 is 27.8 Å². The molecule has 0 atom stereocenters. The zero-order chi connectivity index (χ0) is 22.8. The number of methoxy groups -OCH3 is 1. The molecule has 0 radical (unpaired) electrons. The molecule has 0 saturated carbocycles. The average molecular weight is 462 g/mol. The van der Waals surface area contributed by atoms with Gasteiger partial charge in [0.2, 0.25) is 0 Å². The summed E-state index contributed by atoms with van der Waals surface area (Å²) in [6.07, 6.45) is -2.66. The number of nitrogens with zero attached hydrogens (tertiary/aromatic N) is 2. The van der Waals surface area contributed by atoms with Crippen LogP contribution in [0.3, 0.4) is 0 Å². The fourth-order valence-electron chi connectivity index (χ4n) is 3.03. The third-order valence-corrected chi connectivity index (χ3v) is 6.33. The van der Waals surface area contributed by atoms with Gasteiger partial charge in [-0.2, -0.15) is 30.9 Å². The van der Waals surface area contributed by atoms with E-state index in [2.05, 4.69) is 10.3 Å². The van der Waals surface area contributed by atoms with E-state index in [9.17, 15) is 26.4 Å². The standard InChI is InChI=1S/C18H21F3N4O5S/c1-11-3-4-12(18(19,20)21)9-14(11)22-17-23-15(10-30-17)16(26)24-31(27,28)25-7-5-13(29-2)6-8-25/h3-4,9-10,13H,5-8H2,1-2H3,(H,22,23)(H,24,26). The molecule has 1 aromatic heterocycles. The number of carbonyl (C=O) groups is 1. The molecule has 1 aromatic carbocycles. The Kier molecular flexibility index (Phi) is 6.57. The summed E-state index contributed by atoms with van der Waals surface area (Å²) in [6, 6.07) is 2.84. The molecule has 170 valence electrons. The molecule has 9 nitrogen and oxygen atoms in total. The van der Waals surface area contributed by atoms with Gasteiger partial charge in [0.15, 0.2) is 5.69 Å². The van der Waals surface area contributed by atoms with Gasteiger partial charge >= 0.3 is 16.4 Å². The number of aromatic nitrogens is 1. The fourth-order valence-corrected chi connectivity index (χ4v) is 4.19. The molecule has 0 aliphatic carbocycles. The Morgan fingerprint density at radius 1 is 1.29 bits per heavy atom. The molecule has 1 aliphatic heterocycles. The second-order valence-electron chi connectivity index (χ2n) is 6.96. The summed E-state index contributed by atoms with van der Waals surface area (Å²) in [5.41, 5.74) is -0.646. The van der Waals surface area contributed by atoms with Gasteiger partial charge in [0, 0.05) is 25.9 Å². The number of anilines is 2. The Bertz CT molecular complexity index is 1050. The van der Waals surface area contributed by atoms with Crippen LogP contribution in [0.4, 0.5) is 24.9 Å². The minimum absolute atomic E-state index is 0.0365. The fraction of sp³-hybridized carbons (Fsp3) is 0.444. The number of oxazole rings is 1. The molecular formula is C18H21F3N4O5S. The molecule has 0 unspecified atom stereocenters. The van der Waals surface area contributed by atoms with Crippen molar-refractivity contribution in [2.24, 2.45) is 0 Å². The number of hydrogen-bond acceptors (Lipinski definition) is 7. The van der Waals surface area contributed by atoms with Crippen molar-refractivity contribution < 1.29 is 35.5 Å². The molecule has 0 spiro atoms. The molecule has 31 heavy (non-hydrogen) atoms. The second kappa shape index (κ2) is 8.85. The van der Waals surface area contributed by atoms with Crippen LogP contribution in [0.2, 0.25) is 0 Å². The first-order chi connectivity index (χ1) is 14.5. The van der Waals surface area contributed by atoms with Gasteiger partial charge in [-0.05, 0) is 37.5 Å². The number of alkyl halides is 3. The number of ether oxygens (including phenoxy) is 1. The lowest BCUT2D eigenvalue weighted by Gasteiger charge is -2.30. The van der Waals surface area contributed by atoms with Crippen molar-refractivity contribution in [3.05, 3.63) is 41.3 Å². The van der Waals surface area contributed by atoms with Crippen LogP contribution in [0.25, 0.3) is 0 Å². The monoisotopic (exact) mass is 462 g/mol. The highest BCUT2D eigenvalue weighted by Gasteiger charge is 2.32. The minimum atomic E-state index is -4.53. The van der Waals surface area contributed by atoms with Crippen molar-refractivity contribution in [3.8, 4) is 0 Å². The van der Waals surface area contributed by atoms with Crippen LogP contribution < -0.4 is 10.0 Å². The first-order valence-corrected chi connectivity index (χ1v) is 10.7. The number of piperidine rings is 1. The van der Waals surface area contributed by atoms with E-state index >= 15 is 0 Å². The van der Waals surface area contributed by atoms with Gasteiger partial charge in [0.1, 0.15) is 6.26 Å². The maximum absolute atomic E-state index is 12.9. The number of aryl methyl sites for hydroxylation is 1. The number of benzene rings is 1. The lowest BCUT2D eigenvalue weighted by Crippen LogP contribution is -2.48. The van der Waals surface area contributed by atoms with Crippen molar-refractivity contribution in [1.29, 1.82) is 0 Å².